The largest absolute Gasteiger partial charge is 0.378 e. The highest BCUT2D eigenvalue weighted by Gasteiger charge is 2.23. The molecule has 0 N–H and O–H groups in total. The van der Waals surface area contributed by atoms with Crippen molar-refractivity contribution in [1.82, 2.24) is 0 Å². The average Bonchev–Trinajstić information content (AvgIpc) is 3.20. The number of anilines is 2. The molecular weight excluding hydrogens is 368 g/mol. The molecule has 2 heterocycles. The molecule has 1 aliphatic rings. The van der Waals surface area contributed by atoms with Crippen LogP contribution in [0.2, 0.25) is 0 Å². The van der Waals surface area contributed by atoms with Crippen LogP contribution in [0.15, 0.2) is 60.7 Å². The lowest BCUT2D eigenvalue weighted by Gasteiger charge is -2.28. The Labute approximate surface area is 170 Å². The zero-order chi connectivity index (χ0) is 19.5. The zero-order valence-corrected chi connectivity index (χ0v) is 17.0. The third-order valence-corrected chi connectivity index (χ3v) is 6.22. The normalized spacial score (nSPS) is 14.1. The van der Waals surface area contributed by atoms with E-state index in [9.17, 15) is 4.79 Å². The van der Waals surface area contributed by atoms with Gasteiger partial charge in [0.15, 0.2) is 0 Å². The fourth-order valence-electron chi connectivity index (χ4n) is 3.36. The van der Waals surface area contributed by atoms with Gasteiger partial charge in [-0.05, 0) is 30.7 Å². The lowest BCUT2D eigenvalue weighted by atomic mass is 10.1. The van der Waals surface area contributed by atoms with Gasteiger partial charge in [-0.3, -0.25) is 4.79 Å². The molecule has 1 aromatic heterocycles. The number of rotatable bonds is 4. The van der Waals surface area contributed by atoms with Crippen molar-refractivity contribution < 1.29 is 9.53 Å². The Balaban J connectivity index is 1.70. The van der Waals surface area contributed by atoms with Crippen LogP contribution in [0.3, 0.4) is 0 Å². The van der Waals surface area contributed by atoms with Crippen molar-refractivity contribution in [3.05, 3.63) is 71.1 Å². The number of nitrogens with zero attached hydrogens (tertiary/aromatic N) is 2. The second-order valence-corrected chi connectivity index (χ2v) is 8.03. The highest BCUT2D eigenvalue weighted by atomic mass is 32.1. The maximum Gasteiger partial charge on any atom is 0.268 e. The minimum atomic E-state index is 0.0190. The van der Waals surface area contributed by atoms with Gasteiger partial charge in [-0.25, -0.2) is 0 Å². The molecule has 1 aliphatic heterocycles. The maximum absolute atomic E-state index is 13.2. The zero-order valence-electron chi connectivity index (χ0n) is 16.2. The lowest BCUT2D eigenvalue weighted by Crippen LogP contribution is -2.35. The summed E-state index contributed by atoms with van der Waals surface area (Å²) in [5, 5.41) is 1.15. The van der Waals surface area contributed by atoms with Crippen LogP contribution in [-0.4, -0.2) is 39.3 Å². The number of carbonyl (C=O) groups is 1. The third kappa shape index (κ3) is 3.81. The van der Waals surface area contributed by atoms with Crippen molar-refractivity contribution in [2.24, 2.45) is 0 Å². The molecule has 0 radical (unpaired) electrons. The summed E-state index contributed by atoms with van der Waals surface area (Å²) in [6, 6.07) is 20.4. The summed E-state index contributed by atoms with van der Waals surface area (Å²) in [6.07, 6.45) is 0. The molecule has 0 atom stereocenters. The molecule has 1 fully saturated rings. The number of morpholine rings is 1. The molecule has 0 spiro atoms. The minimum Gasteiger partial charge on any atom is -0.378 e. The van der Waals surface area contributed by atoms with Gasteiger partial charge >= 0.3 is 0 Å². The molecule has 1 saturated heterocycles. The van der Waals surface area contributed by atoms with Crippen LogP contribution in [0.1, 0.15) is 15.2 Å². The predicted molar refractivity (Wildman–Crippen MR) is 117 cm³/mol. The second-order valence-electron chi connectivity index (χ2n) is 6.99. The number of carbonyl (C=O) groups excluding carboxylic acids is 1. The quantitative estimate of drug-likeness (QED) is 0.637. The summed E-state index contributed by atoms with van der Waals surface area (Å²) in [5.74, 6) is 0.0190. The van der Waals surface area contributed by atoms with Crippen LogP contribution in [0.4, 0.5) is 10.7 Å². The van der Waals surface area contributed by atoms with Crippen LogP contribution in [0.5, 0.6) is 0 Å². The first-order chi connectivity index (χ1) is 13.6. The summed E-state index contributed by atoms with van der Waals surface area (Å²) in [7, 11) is 1.84. The Hall–Kier alpha value is -2.63. The third-order valence-electron chi connectivity index (χ3n) is 5.03. The standard InChI is InChI=1S/C23H24N2O2S/c1-17-8-10-19(11-9-17)24(2)22(26)21-16-20(18-6-4-3-5-7-18)23(28-21)25-12-14-27-15-13-25/h3-11,16H,12-15H2,1-2H3. The van der Waals surface area contributed by atoms with Gasteiger partial charge in [-0.2, -0.15) is 0 Å². The highest BCUT2D eigenvalue weighted by molar-refractivity contribution is 7.18. The van der Waals surface area contributed by atoms with Gasteiger partial charge in [0.05, 0.1) is 23.1 Å². The molecule has 0 bridgehead atoms. The van der Waals surface area contributed by atoms with Crippen LogP contribution in [0.25, 0.3) is 11.1 Å². The van der Waals surface area contributed by atoms with E-state index in [1.54, 1.807) is 16.2 Å². The average molecular weight is 393 g/mol. The summed E-state index contributed by atoms with van der Waals surface area (Å²) in [5.41, 5.74) is 4.34. The minimum absolute atomic E-state index is 0.0190. The maximum atomic E-state index is 13.2. The van der Waals surface area contributed by atoms with Gasteiger partial charge in [0.1, 0.15) is 0 Å². The van der Waals surface area contributed by atoms with Crippen molar-refractivity contribution in [2.75, 3.05) is 43.2 Å². The van der Waals surface area contributed by atoms with Crippen molar-refractivity contribution in [2.45, 2.75) is 6.92 Å². The van der Waals surface area contributed by atoms with E-state index in [-0.39, 0.29) is 5.91 Å². The Morgan fingerprint density at radius 1 is 1.04 bits per heavy atom. The highest BCUT2D eigenvalue weighted by Crippen LogP contribution is 2.40. The molecule has 4 rings (SSSR count). The van der Waals surface area contributed by atoms with E-state index in [1.807, 2.05) is 62.5 Å². The molecule has 0 unspecified atom stereocenters. The summed E-state index contributed by atoms with van der Waals surface area (Å²) in [4.78, 5) is 18.0. The Morgan fingerprint density at radius 3 is 2.39 bits per heavy atom. The van der Waals surface area contributed by atoms with Crippen molar-refractivity contribution in [3.8, 4) is 11.1 Å². The summed E-state index contributed by atoms with van der Waals surface area (Å²) >= 11 is 1.57. The molecule has 2 aromatic carbocycles. The first-order valence-corrected chi connectivity index (χ1v) is 10.3. The number of benzene rings is 2. The monoisotopic (exact) mass is 392 g/mol. The van der Waals surface area contributed by atoms with Crippen molar-refractivity contribution in [3.63, 3.8) is 0 Å². The number of amides is 1. The fraction of sp³-hybridized carbons (Fsp3) is 0.261. The van der Waals surface area contributed by atoms with Crippen molar-refractivity contribution in [1.29, 1.82) is 0 Å². The van der Waals surface area contributed by atoms with Gasteiger partial charge in [-0.1, -0.05) is 48.0 Å². The van der Waals surface area contributed by atoms with E-state index in [4.69, 9.17) is 4.74 Å². The Kier molecular flexibility index (Phi) is 5.46. The van der Waals surface area contributed by atoms with Crippen LogP contribution >= 0.6 is 11.3 Å². The number of thiophene rings is 1. The van der Waals surface area contributed by atoms with E-state index >= 15 is 0 Å². The van der Waals surface area contributed by atoms with E-state index in [2.05, 4.69) is 17.0 Å². The van der Waals surface area contributed by atoms with Crippen molar-refractivity contribution >= 4 is 27.9 Å². The van der Waals surface area contributed by atoms with Gasteiger partial charge < -0.3 is 14.5 Å². The van der Waals surface area contributed by atoms with Gasteiger partial charge in [0, 0.05) is 31.4 Å². The molecule has 28 heavy (non-hydrogen) atoms. The van der Waals surface area contributed by atoms with Crippen LogP contribution in [-0.2, 0) is 4.74 Å². The van der Waals surface area contributed by atoms with Crippen LogP contribution in [0, 0.1) is 6.92 Å². The number of hydrogen-bond acceptors (Lipinski definition) is 4. The van der Waals surface area contributed by atoms with E-state index < -0.39 is 0 Å². The van der Waals surface area contributed by atoms with Crippen LogP contribution < -0.4 is 9.80 Å². The lowest BCUT2D eigenvalue weighted by molar-refractivity contribution is 0.0997. The Bertz CT molecular complexity index is 944. The molecule has 1 amide bonds. The Morgan fingerprint density at radius 2 is 1.71 bits per heavy atom. The first kappa shape index (κ1) is 18.7. The SMILES string of the molecule is Cc1ccc(N(C)C(=O)c2cc(-c3ccccc3)c(N3CCOCC3)s2)cc1. The molecule has 0 aliphatic carbocycles. The number of aryl methyl sites for hydroxylation is 1. The predicted octanol–water partition coefficient (Wildman–Crippen LogP) is 4.84. The van der Waals surface area contributed by atoms with Gasteiger partial charge in [-0.15, -0.1) is 11.3 Å². The van der Waals surface area contributed by atoms with E-state index in [1.165, 1.54) is 5.56 Å². The molecule has 5 heteroatoms. The molecule has 4 nitrogen and oxygen atoms in total. The van der Waals surface area contributed by atoms with E-state index in [0.29, 0.717) is 0 Å². The fourth-order valence-corrected chi connectivity index (χ4v) is 4.57. The smallest absolute Gasteiger partial charge is 0.268 e. The van der Waals surface area contributed by atoms with Gasteiger partial charge in [0.25, 0.3) is 5.91 Å². The topological polar surface area (TPSA) is 32.8 Å². The molecular formula is C23H24N2O2S. The number of hydrogen-bond donors (Lipinski definition) is 0. The summed E-state index contributed by atoms with van der Waals surface area (Å²) in [6.45, 7) is 5.19. The van der Waals surface area contributed by atoms with Gasteiger partial charge in [0.2, 0.25) is 0 Å². The first-order valence-electron chi connectivity index (χ1n) is 9.50. The molecule has 0 saturated carbocycles. The summed E-state index contributed by atoms with van der Waals surface area (Å²) < 4.78 is 5.51. The molecule has 3 aromatic rings. The molecule has 144 valence electrons. The number of ether oxygens (including phenoxy) is 1. The van der Waals surface area contributed by atoms with E-state index in [0.717, 1.165) is 53.0 Å². The second kappa shape index (κ2) is 8.17.